The lowest BCUT2D eigenvalue weighted by Crippen LogP contribution is -2.40. The van der Waals surface area contributed by atoms with E-state index in [0.717, 1.165) is 47.7 Å². The molecule has 178 valence electrons. The van der Waals surface area contributed by atoms with Gasteiger partial charge in [-0.2, -0.15) is 0 Å². The van der Waals surface area contributed by atoms with Crippen molar-refractivity contribution in [1.82, 2.24) is 5.32 Å². The number of carbonyl (C=O) groups is 2. The molecule has 2 aromatic rings. The summed E-state index contributed by atoms with van der Waals surface area (Å²) < 4.78 is 5.74. The van der Waals surface area contributed by atoms with Gasteiger partial charge in [0, 0.05) is 48.9 Å². The number of allylic oxidation sites excluding steroid dienone is 3. The fourth-order valence-electron chi connectivity index (χ4n) is 5.11. The molecule has 0 amide bonds. The molecule has 0 saturated carbocycles. The summed E-state index contributed by atoms with van der Waals surface area (Å²) in [4.78, 5) is 28.7. The summed E-state index contributed by atoms with van der Waals surface area (Å²) in [6.45, 7) is 8.33. The lowest BCUT2D eigenvalue weighted by atomic mass is 9.71. The molecule has 0 saturated heterocycles. The third-order valence-corrected chi connectivity index (χ3v) is 6.88. The van der Waals surface area contributed by atoms with E-state index in [4.69, 9.17) is 4.74 Å². The van der Waals surface area contributed by atoms with Crippen molar-refractivity contribution in [1.29, 1.82) is 0 Å². The Balaban J connectivity index is 1.63. The summed E-state index contributed by atoms with van der Waals surface area (Å²) in [6.07, 6.45) is 3.99. The number of benzene rings is 2. The van der Waals surface area contributed by atoms with Gasteiger partial charge >= 0.3 is 5.97 Å². The number of ether oxygens (including phenoxy) is 1. The van der Waals surface area contributed by atoms with Crippen LogP contribution in [-0.4, -0.2) is 31.4 Å². The van der Waals surface area contributed by atoms with Gasteiger partial charge in [0.1, 0.15) is 5.78 Å². The maximum Gasteiger partial charge on any atom is 0.336 e. The van der Waals surface area contributed by atoms with Crippen molar-refractivity contribution in [3.8, 4) is 0 Å². The monoisotopic (exact) mass is 458 g/mol. The number of rotatable bonds is 8. The maximum atomic E-state index is 13.4. The van der Waals surface area contributed by atoms with Crippen LogP contribution in [0.15, 0.2) is 77.6 Å². The van der Waals surface area contributed by atoms with Crippen LogP contribution in [-0.2, 0) is 20.7 Å². The summed E-state index contributed by atoms with van der Waals surface area (Å²) in [5, 5.41) is 3.35. The van der Waals surface area contributed by atoms with E-state index in [-0.39, 0.29) is 23.6 Å². The van der Waals surface area contributed by atoms with Crippen molar-refractivity contribution in [2.75, 3.05) is 24.6 Å². The van der Waals surface area contributed by atoms with Crippen molar-refractivity contribution in [3.63, 3.8) is 0 Å². The minimum absolute atomic E-state index is 0.171. The second-order valence-corrected chi connectivity index (χ2v) is 8.92. The highest BCUT2D eigenvalue weighted by Crippen LogP contribution is 2.44. The summed E-state index contributed by atoms with van der Waals surface area (Å²) >= 11 is 0. The molecular weight excluding hydrogens is 424 g/mol. The van der Waals surface area contributed by atoms with Crippen LogP contribution in [0, 0.1) is 5.92 Å². The van der Waals surface area contributed by atoms with Gasteiger partial charge in [0.15, 0.2) is 0 Å². The summed E-state index contributed by atoms with van der Waals surface area (Å²) in [7, 11) is 0. The van der Waals surface area contributed by atoms with Crippen LogP contribution in [0.1, 0.15) is 50.7 Å². The first kappa shape index (κ1) is 23.8. The predicted molar refractivity (Wildman–Crippen MR) is 135 cm³/mol. The number of hydrogen-bond acceptors (Lipinski definition) is 5. The Morgan fingerprint density at radius 1 is 1.03 bits per heavy atom. The van der Waals surface area contributed by atoms with Gasteiger partial charge in [0.2, 0.25) is 0 Å². The molecule has 1 aliphatic carbocycles. The quantitative estimate of drug-likeness (QED) is 0.555. The molecule has 5 heteroatoms. The Morgan fingerprint density at radius 3 is 2.41 bits per heavy atom. The van der Waals surface area contributed by atoms with Crippen molar-refractivity contribution < 1.29 is 14.3 Å². The zero-order valence-electron chi connectivity index (χ0n) is 20.3. The lowest BCUT2D eigenvalue weighted by molar-refractivity contribution is -0.139. The number of nitrogens with one attached hydrogen (secondary N) is 1. The standard InChI is InChI=1S/C29H34N2O3/c1-4-31(5-2)23-16-14-22(15-17-23)27-26(20(3)30-24-12-9-13-25(32)28(24)27)29(33)34-19-18-21-10-7-6-8-11-21/h6-8,10-12,14-17,27-28,30H,4-5,9,13,18-19H2,1-3H3. The molecule has 2 aromatic carbocycles. The van der Waals surface area contributed by atoms with Crippen LogP contribution in [0.3, 0.4) is 0 Å². The van der Waals surface area contributed by atoms with E-state index in [2.05, 4.69) is 54.4 Å². The maximum absolute atomic E-state index is 13.4. The molecule has 0 spiro atoms. The molecule has 1 aliphatic heterocycles. The van der Waals surface area contributed by atoms with Gasteiger partial charge in [-0.3, -0.25) is 4.79 Å². The molecule has 1 N–H and O–H groups in total. The number of carbonyl (C=O) groups excluding carboxylic acids is 2. The number of fused-ring (bicyclic) bond motifs is 1. The van der Waals surface area contributed by atoms with Gasteiger partial charge in [0.25, 0.3) is 0 Å². The van der Waals surface area contributed by atoms with E-state index in [1.54, 1.807) is 0 Å². The smallest absolute Gasteiger partial charge is 0.336 e. The molecule has 0 fully saturated rings. The van der Waals surface area contributed by atoms with Gasteiger partial charge in [-0.1, -0.05) is 48.5 Å². The Labute approximate surface area is 202 Å². The fraction of sp³-hybridized carbons (Fsp3) is 0.379. The van der Waals surface area contributed by atoms with Crippen LogP contribution in [0.4, 0.5) is 5.69 Å². The molecule has 0 bridgehead atoms. The first-order valence-electron chi connectivity index (χ1n) is 12.3. The largest absolute Gasteiger partial charge is 0.462 e. The fourth-order valence-corrected chi connectivity index (χ4v) is 5.11. The van der Waals surface area contributed by atoms with E-state index >= 15 is 0 Å². The zero-order valence-corrected chi connectivity index (χ0v) is 20.3. The number of anilines is 1. The van der Waals surface area contributed by atoms with Crippen LogP contribution in [0.5, 0.6) is 0 Å². The zero-order chi connectivity index (χ0) is 24.1. The second kappa shape index (κ2) is 10.7. The third kappa shape index (κ3) is 4.93. The highest BCUT2D eigenvalue weighted by Gasteiger charge is 2.43. The molecular formula is C29H34N2O3. The highest BCUT2D eigenvalue weighted by molar-refractivity contribution is 5.96. The summed E-state index contributed by atoms with van der Waals surface area (Å²) in [5.74, 6) is -0.912. The Hall–Kier alpha value is -3.34. The topological polar surface area (TPSA) is 58.6 Å². The number of nitrogens with zero attached hydrogens (tertiary/aromatic N) is 1. The molecule has 2 unspecified atom stereocenters. The third-order valence-electron chi connectivity index (χ3n) is 6.88. The first-order chi connectivity index (χ1) is 16.5. The van der Waals surface area contributed by atoms with Gasteiger partial charge in [-0.15, -0.1) is 0 Å². The Kier molecular flexibility index (Phi) is 7.51. The number of Topliss-reactive ketones (excluding diaryl/α,β-unsaturated/α-hetero) is 1. The minimum atomic E-state index is -0.381. The minimum Gasteiger partial charge on any atom is -0.462 e. The first-order valence-corrected chi connectivity index (χ1v) is 12.3. The lowest BCUT2D eigenvalue weighted by Gasteiger charge is -2.38. The van der Waals surface area contributed by atoms with E-state index in [9.17, 15) is 9.59 Å². The number of esters is 1. The van der Waals surface area contributed by atoms with Gasteiger partial charge in [-0.25, -0.2) is 4.79 Å². The van der Waals surface area contributed by atoms with Gasteiger partial charge in [0.05, 0.1) is 18.1 Å². The second-order valence-electron chi connectivity index (χ2n) is 8.92. The molecule has 2 aliphatic rings. The van der Waals surface area contributed by atoms with Crippen LogP contribution in [0.2, 0.25) is 0 Å². The van der Waals surface area contributed by atoms with Crippen molar-refractivity contribution in [3.05, 3.63) is 88.8 Å². The predicted octanol–water partition coefficient (Wildman–Crippen LogP) is 5.14. The number of ketones is 1. The molecule has 4 rings (SSSR count). The summed E-state index contributed by atoms with van der Waals surface area (Å²) in [5.41, 5.74) is 5.46. The Morgan fingerprint density at radius 2 is 1.74 bits per heavy atom. The normalized spacial score (nSPS) is 19.7. The molecule has 1 heterocycles. The van der Waals surface area contributed by atoms with E-state index in [1.165, 1.54) is 0 Å². The van der Waals surface area contributed by atoms with Gasteiger partial charge in [-0.05, 0) is 50.5 Å². The van der Waals surface area contributed by atoms with Crippen molar-refractivity contribution in [2.45, 2.75) is 46.0 Å². The SMILES string of the molecule is CCN(CC)c1ccc(C2C(C(=O)OCCc3ccccc3)=C(C)NC3=CCCC(=O)C32)cc1. The van der Waals surface area contributed by atoms with E-state index in [1.807, 2.05) is 37.3 Å². The molecule has 0 radical (unpaired) electrons. The van der Waals surface area contributed by atoms with E-state index < -0.39 is 0 Å². The summed E-state index contributed by atoms with van der Waals surface area (Å²) in [6, 6.07) is 18.3. The van der Waals surface area contributed by atoms with Crippen LogP contribution >= 0.6 is 0 Å². The van der Waals surface area contributed by atoms with Gasteiger partial charge < -0.3 is 15.0 Å². The van der Waals surface area contributed by atoms with Crippen molar-refractivity contribution >= 4 is 17.4 Å². The molecule has 2 atom stereocenters. The molecule has 34 heavy (non-hydrogen) atoms. The average Bonchev–Trinajstić information content (AvgIpc) is 2.85. The van der Waals surface area contributed by atoms with Crippen LogP contribution in [0.25, 0.3) is 0 Å². The number of hydrogen-bond donors (Lipinski definition) is 1. The molecule has 0 aromatic heterocycles. The highest BCUT2D eigenvalue weighted by atomic mass is 16.5. The Bertz CT molecular complexity index is 1080. The molecule has 5 nitrogen and oxygen atoms in total. The van der Waals surface area contributed by atoms with E-state index in [0.29, 0.717) is 25.0 Å². The average molecular weight is 459 g/mol. The van der Waals surface area contributed by atoms with Crippen LogP contribution < -0.4 is 10.2 Å². The van der Waals surface area contributed by atoms with Crippen molar-refractivity contribution in [2.24, 2.45) is 5.92 Å².